The number of hydrogen-bond donors (Lipinski definition) is 2. The highest BCUT2D eigenvalue weighted by Gasteiger charge is 2.54. The van der Waals surface area contributed by atoms with Crippen molar-refractivity contribution in [1.82, 2.24) is 15.3 Å². The van der Waals surface area contributed by atoms with Gasteiger partial charge in [-0.1, -0.05) is 48.3 Å². The molecule has 0 radical (unpaired) electrons. The number of morpholine rings is 1. The molecule has 2 N–H and O–H groups in total. The third-order valence-corrected chi connectivity index (χ3v) is 8.08. The van der Waals surface area contributed by atoms with Gasteiger partial charge in [0, 0.05) is 46.8 Å². The number of carbonyl (C=O) groups is 2. The smallest absolute Gasteiger partial charge is 0.249 e. The fourth-order valence-corrected chi connectivity index (χ4v) is 6.30. The predicted molar refractivity (Wildman–Crippen MR) is 141 cm³/mol. The fourth-order valence-electron chi connectivity index (χ4n) is 5.91. The predicted octanol–water partition coefficient (Wildman–Crippen LogP) is 4.24. The van der Waals surface area contributed by atoms with Crippen molar-refractivity contribution in [1.29, 1.82) is 0 Å². The van der Waals surface area contributed by atoms with Crippen LogP contribution in [0.25, 0.3) is 0 Å². The molecule has 7 nitrogen and oxygen atoms in total. The Morgan fingerprint density at radius 3 is 2.67 bits per heavy atom. The zero-order valence-corrected chi connectivity index (χ0v) is 21.9. The highest BCUT2D eigenvalue weighted by Crippen LogP contribution is 2.47. The number of hydrogen-bond acceptors (Lipinski definition) is 5. The number of nitrogens with zero attached hydrogens (tertiary/aromatic N) is 2. The second-order valence-electron chi connectivity index (χ2n) is 10.1. The minimum absolute atomic E-state index is 0.0852. The van der Waals surface area contributed by atoms with Gasteiger partial charge in [-0.15, -0.1) is 0 Å². The van der Waals surface area contributed by atoms with E-state index in [1.807, 2.05) is 41.4 Å². The molecule has 1 saturated heterocycles. The van der Waals surface area contributed by atoms with E-state index in [0.717, 1.165) is 30.4 Å². The summed E-state index contributed by atoms with van der Waals surface area (Å²) in [4.78, 5) is 29.6. The van der Waals surface area contributed by atoms with Crippen molar-refractivity contribution in [3.63, 3.8) is 0 Å². The average Bonchev–Trinajstić information content (AvgIpc) is 3.39. The number of rotatable bonds is 7. The largest absolute Gasteiger partial charge is 0.379 e. The number of benzene rings is 2. The van der Waals surface area contributed by atoms with Crippen molar-refractivity contribution in [3.8, 4) is 0 Å². The molecule has 2 fully saturated rings. The van der Waals surface area contributed by atoms with Crippen LogP contribution in [0.15, 0.2) is 42.5 Å². The molecule has 0 aromatic heterocycles. The summed E-state index contributed by atoms with van der Waals surface area (Å²) in [7, 11) is 0. The Morgan fingerprint density at radius 2 is 1.94 bits per heavy atom. The van der Waals surface area contributed by atoms with E-state index in [9.17, 15) is 9.59 Å². The molecule has 2 aliphatic heterocycles. The monoisotopic (exact) mass is 530 g/mol. The van der Waals surface area contributed by atoms with E-state index in [2.05, 4.69) is 22.6 Å². The summed E-state index contributed by atoms with van der Waals surface area (Å²) in [6, 6.07) is 13.2. The Hall–Kier alpha value is -2.16. The molecule has 5 rings (SSSR count). The molecule has 2 heterocycles. The summed E-state index contributed by atoms with van der Waals surface area (Å²) >= 11 is 12.6. The van der Waals surface area contributed by atoms with Gasteiger partial charge in [0.25, 0.3) is 0 Å². The van der Waals surface area contributed by atoms with Gasteiger partial charge in [0.05, 0.1) is 19.8 Å². The van der Waals surface area contributed by atoms with E-state index in [4.69, 9.17) is 27.9 Å². The molecule has 192 valence electrons. The summed E-state index contributed by atoms with van der Waals surface area (Å²) in [6.45, 7) is 4.78. The Morgan fingerprint density at radius 1 is 1.17 bits per heavy atom. The Balaban J connectivity index is 1.56. The summed E-state index contributed by atoms with van der Waals surface area (Å²) in [5, 5.41) is 6.14. The zero-order chi connectivity index (χ0) is 25.3. The zero-order valence-electron chi connectivity index (χ0n) is 20.4. The molecule has 0 bridgehead atoms. The maximum absolute atomic E-state index is 14.0. The van der Waals surface area contributed by atoms with Crippen LogP contribution in [-0.4, -0.2) is 60.6 Å². The van der Waals surface area contributed by atoms with E-state index in [-0.39, 0.29) is 24.4 Å². The molecule has 2 aromatic carbocycles. The number of nitrogens with one attached hydrogen (secondary N) is 2. The van der Waals surface area contributed by atoms with Crippen LogP contribution < -0.4 is 10.7 Å². The summed E-state index contributed by atoms with van der Waals surface area (Å²) in [5.74, 6) is 0.257. The molecular weight excluding hydrogens is 499 g/mol. The van der Waals surface area contributed by atoms with Gasteiger partial charge in [0.2, 0.25) is 11.8 Å². The van der Waals surface area contributed by atoms with Crippen molar-refractivity contribution in [2.45, 2.75) is 44.2 Å². The second kappa shape index (κ2) is 10.7. The first kappa shape index (κ1) is 25.5. The Labute approximate surface area is 222 Å². The lowest BCUT2D eigenvalue weighted by Crippen LogP contribution is -2.60. The van der Waals surface area contributed by atoms with Gasteiger partial charge >= 0.3 is 0 Å². The van der Waals surface area contributed by atoms with Crippen LogP contribution in [0, 0.1) is 5.92 Å². The lowest BCUT2D eigenvalue weighted by Gasteiger charge is -2.43. The van der Waals surface area contributed by atoms with E-state index in [0.29, 0.717) is 54.4 Å². The summed E-state index contributed by atoms with van der Waals surface area (Å²) < 4.78 is 5.41. The van der Waals surface area contributed by atoms with Crippen LogP contribution in [0.4, 0.5) is 5.69 Å². The molecule has 2 amide bonds. The number of amides is 2. The van der Waals surface area contributed by atoms with Crippen molar-refractivity contribution in [3.05, 3.63) is 63.6 Å². The van der Waals surface area contributed by atoms with Crippen LogP contribution in [-0.2, 0) is 26.3 Å². The van der Waals surface area contributed by atoms with E-state index in [1.165, 1.54) is 0 Å². The highest BCUT2D eigenvalue weighted by atomic mass is 35.5. The fraction of sp³-hybridized carbons (Fsp3) is 0.481. The molecule has 1 saturated carbocycles. The molecule has 3 atom stereocenters. The molecule has 2 aromatic rings. The third-order valence-electron chi connectivity index (χ3n) is 7.61. The maximum Gasteiger partial charge on any atom is 0.249 e. The Kier molecular flexibility index (Phi) is 7.56. The number of ether oxygens (including phenoxy) is 1. The van der Waals surface area contributed by atoms with Gasteiger partial charge in [0.1, 0.15) is 5.54 Å². The van der Waals surface area contributed by atoms with Crippen LogP contribution in [0.1, 0.15) is 37.3 Å². The third kappa shape index (κ3) is 5.13. The SMILES string of the molecule is C[C@@H]1CCC(N(CC(=O)NN2CCOCC2)C2(Cc3cccc(Cl)c3)C(=O)Nc3cc(Cl)ccc32)C1. The van der Waals surface area contributed by atoms with Crippen LogP contribution in [0.2, 0.25) is 10.0 Å². The van der Waals surface area contributed by atoms with Gasteiger partial charge in [-0.2, -0.15) is 0 Å². The summed E-state index contributed by atoms with van der Waals surface area (Å²) in [5.41, 5.74) is 4.45. The van der Waals surface area contributed by atoms with Gasteiger partial charge in [-0.3, -0.25) is 19.9 Å². The van der Waals surface area contributed by atoms with Crippen LogP contribution in [0.3, 0.4) is 0 Å². The molecule has 2 unspecified atom stereocenters. The maximum atomic E-state index is 14.0. The van der Waals surface area contributed by atoms with Crippen LogP contribution >= 0.6 is 23.2 Å². The van der Waals surface area contributed by atoms with Crippen molar-refractivity contribution >= 4 is 40.7 Å². The van der Waals surface area contributed by atoms with Gasteiger partial charge in [0.15, 0.2) is 0 Å². The van der Waals surface area contributed by atoms with E-state index >= 15 is 0 Å². The van der Waals surface area contributed by atoms with Gasteiger partial charge < -0.3 is 10.1 Å². The number of halogens is 2. The standard InChI is InChI=1S/C27H32Cl2N4O3/c1-18-5-7-22(13-18)33(17-25(34)31-32-9-11-36-12-10-32)27(16-19-3-2-4-20(28)14-19)23-8-6-21(29)15-24(23)30-26(27)35/h2-4,6,8,14-15,18,22H,5,7,9-13,16-17H2,1H3,(H,30,35)(H,31,34)/t18-,22?,27?/m1/s1. The van der Waals surface area contributed by atoms with E-state index < -0.39 is 5.54 Å². The van der Waals surface area contributed by atoms with Crippen molar-refractivity contribution in [2.24, 2.45) is 5.92 Å². The first-order valence-corrected chi connectivity index (χ1v) is 13.4. The number of anilines is 1. The topological polar surface area (TPSA) is 73.9 Å². The molecule has 3 aliphatic rings. The van der Waals surface area contributed by atoms with Gasteiger partial charge in [-0.25, -0.2) is 5.01 Å². The van der Waals surface area contributed by atoms with Gasteiger partial charge in [-0.05, 0) is 55.0 Å². The first-order valence-electron chi connectivity index (χ1n) is 12.6. The Bertz CT molecular complexity index is 1140. The van der Waals surface area contributed by atoms with Crippen molar-refractivity contribution in [2.75, 3.05) is 38.2 Å². The summed E-state index contributed by atoms with van der Waals surface area (Å²) in [6.07, 6.45) is 3.32. The second-order valence-corrected chi connectivity index (χ2v) is 11.0. The van der Waals surface area contributed by atoms with Crippen molar-refractivity contribution < 1.29 is 14.3 Å². The first-order chi connectivity index (χ1) is 17.3. The number of carbonyl (C=O) groups excluding carboxylic acids is 2. The number of fused-ring (bicyclic) bond motifs is 1. The molecule has 36 heavy (non-hydrogen) atoms. The molecule has 9 heteroatoms. The minimum Gasteiger partial charge on any atom is -0.379 e. The van der Waals surface area contributed by atoms with Crippen LogP contribution in [0.5, 0.6) is 0 Å². The molecule has 0 spiro atoms. The highest BCUT2D eigenvalue weighted by molar-refractivity contribution is 6.31. The normalized spacial score (nSPS) is 26.2. The minimum atomic E-state index is -1.07. The number of hydrazine groups is 1. The quantitative estimate of drug-likeness (QED) is 0.560. The van der Waals surface area contributed by atoms with E-state index in [1.54, 1.807) is 6.07 Å². The lowest BCUT2D eigenvalue weighted by molar-refractivity contribution is -0.137. The molecular formula is C27H32Cl2N4O3. The average molecular weight is 531 g/mol. The lowest BCUT2D eigenvalue weighted by atomic mass is 9.81. The molecule has 1 aliphatic carbocycles.